The average molecular weight is 315 g/mol. The molecule has 0 aliphatic carbocycles. The molecule has 1 atom stereocenters. The lowest BCUT2D eigenvalue weighted by Gasteiger charge is -2.28. The molecule has 1 aromatic carbocycles. The molecule has 0 saturated carbocycles. The molecule has 2 fully saturated rings. The van der Waals surface area contributed by atoms with Gasteiger partial charge in [-0.3, -0.25) is 0 Å². The van der Waals surface area contributed by atoms with E-state index >= 15 is 0 Å². The van der Waals surface area contributed by atoms with Crippen LogP contribution in [0.15, 0.2) is 24.3 Å². The second kappa shape index (κ2) is 5.64. The van der Waals surface area contributed by atoms with E-state index in [1.165, 1.54) is 0 Å². The van der Waals surface area contributed by atoms with Gasteiger partial charge in [-0.1, -0.05) is 23.7 Å². The number of hydrogen-bond acceptors (Lipinski definition) is 2. The van der Waals surface area contributed by atoms with Crippen molar-refractivity contribution in [3.63, 3.8) is 0 Å². The molecule has 2 heterocycles. The van der Waals surface area contributed by atoms with Crippen LogP contribution in [-0.4, -0.2) is 36.7 Å². The van der Waals surface area contributed by atoms with Crippen molar-refractivity contribution < 1.29 is 8.42 Å². The molecular formula is C14H19ClN2O2S. The fourth-order valence-electron chi connectivity index (χ4n) is 3.10. The molecule has 20 heavy (non-hydrogen) atoms. The first-order valence-corrected chi connectivity index (χ1v) is 8.89. The molecule has 0 radical (unpaired) electrons. The molecule has 0 spiro atoms. The Morgan fingerprint density at radius 3 is 2.30 bits per heavy atom. The van der Waals surface area contributed by atoms with E-state index in [4.69, 9.17) is 11.6 Å². The molecule has 4 nitrogen and oxygen atoms in total. The maximum atomic E-state index is 12.7. The summed E-state index contributed by atoms with van der Waals surface area (Å²) in [6.07, 6.45) is 3.74. The molecule has 0 bridgehead atoms. The van der Waals surface area contributed by atoms with Crippen LogP contribution in [0.25, 0.3) is 0 Å². The summed E-state index contributed by atoms with van der Waals surface area (Å²) in [5.41, 5.74) is 1.04. The van der Waals surface area contributed by atoms with Gasteiger partial charge in [0.05, 0.1) is 6.04 Å². The fraction of sp³-hybridized carbons (Fsp3) is 0.571. The van der Waals surface area contributed by atoms with E-state index in [0.717, 1.165) is 31.2 Å². The molecular weight excluding hydrogens is 296 g/mol. The van der Waals surface area contributed by atoms with Crippen molar-refractivity contribution >= 4 is 21.8 Å². The Hall–Kier alpha value is -0.620. The van der Waals surface area contributed by atoms with Crippen molar-refractivity contribution in [2.24, 2.45) is 0 Å². The first-order valence-electron chi connectivity index (χ1n) is 7.11. The lowest BCUT2D eigenvalue weighted by molar-refractivity contribution is 0.349. The SMILES string of the molecule is O=S(=O)(N1CCCC1)N1CCCC1c1ccc(Cl)cc1. The van der Waals surface area contributed by atoms with Gasteiger partial charge in [0, 0.05) is 24.7 Å². The van der Waals surface area contributed by atoms with Crippen LogP contribution in [0.5, 0.6) is 0 Å². The van der Waals surface area contributed by atoms with Gasteiger partial charge in [-0.15, -0.1) is 0 Å². The number of rotatable bonds is 3. The van der Waals surface area contributed by atoms with E-state index in [-0.39, 0.29) is 6.04 Å². The molecule has 1 unspecified atom stereocenters. The minimum absolute atomic E-state index is 0.0436. The Labute approximate surface area is 125 Å². The Kier molecular flexibility index (Phi) is 4.04. The van der Waals surface area contributed by atoms with Crippen LogP contribution in [0.4, 0.5) is 0 Å². The predicted octanol–water partition coefficient (Wildman–Crippen LogP) is 2.82. The number of benzene rings is 1. The minimum atomic E-state index is -3.31. The summed E-state index contributed by atoms with van der Waals surface area (Å²) in [6.45, 7) is 1.93. The number of nitrogens with zero attached hydrogens (tertiary/aromatic N) is 2. The third kappa shape index (κ3) is 2.60. The fourth-order valence-corrected chi connectivity index (χ4v) is 5.15. The van der Waals surface area contributed by atoms with Gasteiger partial charge in [0.2, 0.25) is 0 Å². The maximum Gasteiger partial charge on any atom is 0.282 e. The molecule has 3 rings (SSSR count). The standard InChI is InChI=1S/C14H19ClN2O2S/c15-13-7-5-12(6-8-13)14-4-3-11-17(14)20(18,19)16-9-1-2-10-16/h5-8,14H,1-4,9-11H2. The van der Waals surface area contributed by atoms with Crippen molar-refractivity contribution in [3.8, 4) is 0 Å². The number of halogens is 1. The summed E-state index contributed by atoms with van der Waals surface area (Å²) >= 11 is 5.91. The van der Waals surface area contributed by atoms with E-state index in [1.54, 1.807) is 8.61 Å². The lowest BCUT2D eigenvalue weighted by Crippen LogP contribution is -2.42. The molecule has 2 saturated heterocycles. The molecule has 2 aliphatic heterocycles. The highest BCUT2D eigenvalue weighted by molar-refractivity contribution is 7.86. The normalized spacial score (nSPS) is 25.4. The second-order valence-corrected chi connectivity index (χ2v) is 7.75. The second-order valence-electron chi connectivity index (χ2n) is 5.43. The summed E-state index contributed by atoms with van der Waals surface area (Å²) in [5, 5.41) is 0.681. The van der Waals surface area contributed by atoms with Crippen molar-refractivity contribution in [3.05, 3.63) is 34.9 Å². The van der Waals surface area contributed by atoms with Gasteiger partial charge < -0.3 is 0 Å². The van der Waals surface area contributed by atoms with Crippen molar-refractivity contribution in [2.75, 3.05) is 19.6 Å². The van der Waals surface area contributed by atoms with Gasteiger partial charge >= 0.3 is 0 Å². The van der Waals surface area contributed by atoms with Gasteiger partial charge in [0.25, 0.3) is 10.2 Å². The van der Waals surface area contributed by atoms with Crippen LogP contribution in [-0.2, 0) is 10.2 Å². The van der Waals surface area contributed by atoms with Gasteiger partial charge in [-0.25, -0.2) is 0 Å². The quantitative estimate of drug-likeness (QED) is 0.861. The summed E-state index contributed by atoms with van der Waals surface area (Å²) < 4.78 is 28.7. The highest BCUT2D eigenvalue weighted by Gasteiger charge is 2.39. The van der Waals surface area contributed by atoms with E-state index < -0.39 is 10.2 Å². The molecule has 6 heteroatoms. The Morgan fingerprint density at radius 2 is 1.65 bits per heavy atom. The molecule has 110 valence electrons. The summed E-state index contributed by atoms with van der Waals surface area (Å²) in [7, 11) is -3.31. The van der Waals surface area contributed by atoms with Crippen LogP contribution in [0.2, 0.25) is 5.02 Å². The Morgan fingerprint density at radius 1 is 1.00 bits per heavy atom. The van der Waals surface area contributed by atoms with E-state index in [1.807, 2.05) is 24.3 Å². The molecule has 1 aromatic rings. The van der Waals surface area contributed by atoms with E-state index in [0.29, 0.717) is 24.7 Å². The van der Waals surface area contributed by atoms with Crippen LogP contribution in [0.1, 0.15) is 37.3 Å². The van der Waals surface area contributed by atoms with Crippen LogP contribution < -0.4 is 0 Å². The van der Waals surface area contributed by atoms with Crippen LogP contribution in [0, 0.1) is 0 Å². The largest absolute Gasteiger partial charge is 0.282 e. The van der Waals surface area contributed by atoms with Crippen molar-refractivity contribution in [1.82, 2.24) is 8.61 Å². The van der Waals surface area contributed by atoms with E-state index in [2.05, 4.69) is 0 Å². The van der Waals surface area contributed by atoms with Gasteiger partial charge in [-0.2, -0.15) is 17.0 Å². The zero-order valence-corrected chi connectivity index (χ0v) is 12.9. The van der Waals surface area contributed by atoms with Gasteiger partial charge in [0.1, 0.15) is 0 Å². The predicted molar refractivity (Wildman–Crippen MR) is 79.9 cm³/mol. The average Bonchev–Trinajstić information content (AvgIpc) is 3.11. The monoisotopic (exact) mass is 314 g/mol. The van der Waals surface area contributed by atoms with Crippen molar-refractivity contribution in [1.29, 1.82) is 0 Å². The number of hydrogen-bond donors (Lipinski definition) is 0. The van der Waals surface area contributed by atoms with Crippen LogP contribution in [0.3, 0.4) is 0 Å². The first-order chi connectivity index (χ1) is 9.59. The highest BCUT2D eigenvalue weighted by atomic mass is 35.5. The Balaban J connectivity index is 1.86. The molecule has 0 aromatic heterocycles. The summed E-state index contributed by atoms with van der Waals surface area (Å²) in [6, 6.07) is 7.49. The van der Waals surface area contributed by atoms with Crippen molar-refractivity contribution in [2.45, 2.75) is 31.7 Å². The topological polar surface area (TPSA) is 40.6 Å². The van der Waals surface area contributed by atoms with Gasteiger partial charge in [0.15, 0.2) is 0 Å². The molecule has 0 N–H and O–H groups in total. The molecule has 0 amide bonds. The van der Waals surface area contributed by atoms with E-state index in [9.17, 15) is 8.42 Å². The van der Waals surface area contributed by atoms with Gasteiger partial charge in [-0.05, 0) is 43.4 Å². The Bertz CT molecular complexity index is 567. The zero-order chi connectivity index (χ0) is 14.2. The maximum absolute atomic E-state index is 12.7. The highest BCUT2D eigenvalue weighted by Crippen LogP contribution is 2.36. The molecule has 2 aliphatic rings. The third-order valence-corrected chi connectivity index (χ3v) is 6.45. The summed E-state index contributed by atoms with van der Waals surface area (Å²) in [4.78, 5) is 0. The minimum Gasteiger partial charge on any atom is -0.195 e. The first kappa shape index (κ1) is 14.3. The smallest absolute Gasteiger partial charge is 0.195 e. The van der Waals surface area contributed by atoms with Crippen LogP contribution >= 0.6 is 11.6 Å². The summed E-state index contributed by atoms with van der Waals surface area (Å²) in [5.74, 6) is 0. The third-order valence-electron chi connectivity index (χ3n) is 4.15. The zero-order valence-electron chi connectivity index (χ0n) is 11.3. The lowest BCUT2D eigenvalue weighted by atomic mass is 10.1.